The highest BCUT2D eigenvalue weighted by molar-refractivity contribution is 6.00. The Morgan fingerprint density at radius 2 is 1.91 bits per heavy atom. The van der Waals surface area contributed by atoms with Crippen LogP contribution < -0.4 is 10.1 Å². The zero-order valence-electron chi connectivity index (χ0n) is 17.9. The van der Waals surface area contributed by atoms with Crippen LogP contribution in [0.15, 0.2) is 54.9 Å². The highest BCUT2D eigenvalue weighted by Gasteiger charge is 2.17. The molecule has 0 unspecified atom stereocenters. The zero-order chi connectivity index (χ0) is 22.4. The van der Waals surface area contributed by atoms with Crippen molar-refractivity contribution in [3.8, 4) is 28.4 Å². The molecule has 6 rings (SSSR count). The van der Waals surface area contributed by atoms with Gasteiger partial charge in [0.15, 0.2) is 0 Å². The van der Waals surface area contributed by atoms with Gasteiger partial charge in [0, 0.05) is 40.7 Å². The van der Waals surface area contributed by atoms with Crippen molar-refractivity contribution in [1.29, 1.82) is 0 Å². The summed E-state index contributed by atoms with van der Waals surface area (Å²) >= 11 is 0. The summed E-state index contributed by atoms with van der Waals surface area (Å²) in [7, 11) is 1.52. The number of ether oxygens (including phenoxy) is 1. The number of hydrogen-bond acceptors (Lipinski definition) is 5. The molecule has 0 bridgehead atoms. The summed E-state index contributed by atoms with van der Waals surface area (Å²) in [6.07, 6.45) is 6.68. The fourth-order valence-electron chi connectivity index (χ4n) is 4.38. The molecular weight excluding hydrogens is 419 g/mol. The molecule has 8 heteroatoms. The van der Waals surface area contributed by atoms with Gasteiger partial charge in [0.2, 0.25) is 0 Å². The Kier molecular flexibility index (Phi) is 4.66. The smallest absolute Gasteiger partial charge is 0.127 e. The maximum atomic E-state index is 14.2. The molecule has 4 aromatic heterocycles. The molecule has 0 aliphatic carbocycles. The summed E-state index contributed by atoms with van der Waals surface area (Å²) in [6.45, 7) is 1.81. The Morgan fingerprint density at radius 1 is 1.00 bits per heavy atom. The first-order chi connectivity index (χ1) is 16.2. The molecular formula is C25H21FN6O. The fourth-order valence-corrected chi connectivity index (χ4v) is 4.38. The van der Waals surface area contributed by atoms with Crippen molar-refractivity contribution in [3.05, 3.63) is 66.4 Å². The Balaban J connectivity index is 1.48. The van der Waals surface area contributed by atoms with Crippen LogP contribution in [-0.4, -0.2) is 45.3 Å². The van der Waals surface area contributed by atoms with Gasteiger partial charge in [-0.05, 0) is 48.9 Å². The lowest BCUT2D eigenvalue weighted by atomic mass is 10.0. The molecule has 3 N–H and O–H groups in total. The van der Waals surface area contributed by atoms with Crippen molar-refractivity contribution in [1.82, 2.24) is 30.5 Å². The number of nitrogens with one attached hydrogen (secondary N) is 3. The molecule has 5 aromatic rings. The molecule has 5 heterocycles. The summed E-state index contributed by atoms with van der Waals surface area (Å²) in [5.41, 5.74) is 6.96. The van der Waals surface area contributed by atoms with Crippen LogP contribution in [0.2, 0.25) is 0 Å². The highest BCUT2D eigenvalue weighted by Crippen LogP contribution is 2.34. The number of halogens is 1. The van der Waals surface area contributed by atoms with Gasteiger partial charge in [-0.3, -0.25) is 15.1 Å². The Labute approximate surface area is 188 Å². The van der Waals surface area contributed by atoms with Crippen molar-refractivity contribution >= 4 is 27.4 Å². The van der Waals surface area contributed by atoms with Gasteiger partial charge < -0.3 is 15.0 Å². The summed E-state index contributed by atoms with van der Waals surface area (Å²) in [5, 5.41) is 12.9. The van der Waals surface area contributed by atoms with E-state index in [1.807, 2.05) is 18.3 Å². The molecule has 0 atom stereocenters. The van der Waals surface area contributed by atoms with E-state index in [1.165, 1.54) is 24.8 Å². The van der Waals surface area contributed by atoms with E-state index in [2.05, 4.69) is 42.6 Å². The Bertz CT molecular complexity index is 1530. The lowest BCUT2D eigenvalue weighted by molar-refractivity contribution is 0.411. The number of nitrogens with zero attached hydrogens (tertiary/aromatic N) is 3. The average Bonchev–Trinajstić information content (AvgIpc) is 3.47. The molecule has 0 saturated heterocycles. The summed E-state index contributed by atoms with van der Waals surface area (Å²) in [5.74, 6) is 0.0783. The van der Waals surface area contributed by atoms with Gasteiger partial charge in [0.25, 0.3) is 0 Å². The van der Waals surface area contributed by atoms with E-state index in [4.69, 9.17) is 4.74 Å². The van der Waals surface area contributed by atoms with Gasteiger partial charge in [-0.2, -0.15) is 5.10 Å². The van der Waals surface area contributed by atoms with Crippen LogP contribution in [0.25, 0.3) is 50.0 Å². The molecule has 1 aromatic carbocycles. The lowest BCUT2D eigenvalue weighted by Gasteiger charge is -2.13. The van der Waals surface area contributed by atoms with Crippen LogP contribution in [0.1, 0.15) is 12.1 Å². The number of hydrogen-bond donors (Lipinski definition) is 3. The van der Waals surface area contributed by atoms with Gasteiger partial charge in [-0.15, -0.1) is 0 Å². The summed E-state index contributed by atoms with van der Waals surface area (Å²) in [4.78, 5) is 12.6. The minimum absolute atomic E-state index is 0.371. The summed E-state index contributed by atoms with van der Waals surface area (Å²) < 4.78 is 19.4. The SMILES string of the molecule is COc1cc(F)cc(-c2nccc3[nH]c(-c4n[nH]c5cnc(C6=CCNCC6)cc45)cc23)c1. The second kappa shape index (κ2) is 7.83. The third-order valence-corrected chi connectivity index (χ3v) is 6.02. The molecule has 0 amide bonds. The maximum absolute atomic E-state index is 14.2. The first-order valence-electron chi connectivity index (χ1n) is 10.8. The Morgan fingerprint density at radius 3 is 2.76 bits per heavy atom. The van der Waals surface area contributed by atoms with Crippen molar-refractivity contribution in [2.45, 2.75) is 6.42 Å². The lowest BCUT2D eigenvalue weighted by Crippen LogP contribution is -2.20. The van der Waals surface area contributed by atoms with Crippen LogP contribution >= 0.6 is 0 Å². The van der Waals surface area contributed by atoms with Crippen LogP contribution in [0.3, 0.4) is 0 Å². The quantitative estimate of drug-likeness (QED) is 0.377. The number of rotatable bonds is 4. The second-order valence-electron chi connectivity index (χ2n) is 8.05. The Hall–Kier alpha value is -4.04. The molecule has 1 aliphatic heterocycles. The zero-order valence-corrected chi connectivity index (χ0v) is 17.9. The summed E-state index contributed by atoms with van der Waals surface area (Å²) in [6, 6.07) is 10.6. The number of methoxy groups -OCH3 is 1. The van der Waals surface area contributed by atoms with Crippen LogP contribution in [0.5, 0.6) is 5.75 Å². The molecule has 0 fully saturated rings. The molecule has 1 aliphatic rings. The van der Waals surface area contributed by atoms with Crippen molar-refractivity contribution < 1.29 is 9.13 Å². The molecule has 164 valence electrons. The molecule has 7 nitrogen and oxygen atoms in total. The van der Waals surface area contributed by atoms with Crippen LogP contribution in [0.4, 0.5) is 4.39 Å². The molecule has 0 saturated carbocycles. The third kappa shape index (κ3) is 3.44. The topological polar surface area (TPSA) is 91.5 Å². The van der Waals surface area contributed by atoms with Crippen LogP contribution in [-0.2, 0) is 0 Å². The highest BCUT2D eigenvalue weighted by atomic mass is 19.1. The molecule has 0 spiro atoms. The van der Waals surface area contributed by atoms with Gasteiger partial charge in [-0.25, -0.2) is 4.39 Å². The van der Waals surface area contributed by atoms with Crippen molar-refractivity contribution in [2.75, 3.05) is 20.2 Å². The number of aromatic nitrogens is 5. The molecule has 33 heavy (non-hydrogen) atoms. The number of H-pyrrole nitrogens is 2. The number of fused-ring (bicyclic) bond motifs is 2. The number of pyridine rings is 2. The number of aromatic amines is 2. The number of benzene rings is 1. The van der Waals surface area contributed by atoms with Gasteiger partial charge in [0.05, 0.1) is 35.9 Å². The second-order valence-corrected chi connectivity index (χ2v) is 8.05. The first kappa shape index (κ1) is 19.6. The predicted octanol–water partition coefficient (Wildman–Crippen LogP) is 4.69. The minimum Gasteiger partial charge on any atom is -0.497 e. The predicted molar refractivity (Wildman–Crippen MR) is 126 cm³/mol. The van der Waals surface area contributed by atoms with E-state index in [0.717, 1.165) is 58.4 Å². The fraction of sp³-hybridized carbons (Fsp3) is 0.160. The van der Waals surface area contributed by atoms with Crippen molar-refractivity contribution in [3.63, 3.8) is 0 Å². The normalized spacial score (nSPS) is 14.1. The van der Waals surface area contributed by atoms with E-state index in [9.17, 15) is 4.39 Å². The maximum Gasteiger partial charge on any atom is 0.127 e. The third-order valence-electron chi connectivity index (χ3n) is 6.02. The van der Waals surface area contributed by atoms with E-state index < -0.39 is 0 Å². The van der Waals surface area contributed by atoms with Crippen LogP contribution in [0, 0.1) is 5.82 Å². The van der Waals surface area contributed by atoms with E-state index in [1.54, 1.807) is 12.3 Å². The average molecular weight is 440 g/mol. The van der Waals surface area contributed by atoms with Gasteiger partial charge in [-0.1, -0.05) is 6.08 Å². The largest absolute Gasteiger partial charge is 0.497 e. The first-order valence-corrected chi connectivity index (χ1v) is 10.8. The van der Waals surface area contributed by atoms with Gasteiger partial charge >= 0.3 is 0 Å². The van der Waals surface area contributed by atoms with Crippen molar-refractivity contribution in [2.24, 2.45) is 0 Å². The molecule has 0 radical (unpaired) electrons. The van der Waals surface area contributed by atoms with Gasteiger partial charge in [0.1, 0.15) is 17.3 Å². The van der Waals surface area contributed by atoms with E-state index in [-0.39, 0.29) is 5.82 Å². The van der Waals surface area contributed by atoms with E-state index >= 15 is 0 Å². The monoisotopic (exact) mass is 440 g/mol. The standard InChI is InChI=1S/C25H21FN6O/c1-33-17-9-15(8-16(26)10-17)24-18-12-22(30-20(18)4-7-28-24)25-19-11-21(14-2-5-27-6-3-14)29-13-23(19)31-32-25/h2,4,7-13,27,30H,3,5-6H2,1H3,(H,31,32). The minimum atomic E-state index is -0.371. The van der Waals surface area contributed by atoms with E-state index in [0.29, 0.717) is 17.0 Å².